The van der Waals surface area contributed by atoms with Crippen molar-refractivity contribution in [3.63, 3.8) is 0 Å². The van der Waals surface area contributed by atoms with Crippen LogP contribution in [0, 0.1) is 13.8 Å². The quantitative estimate of drug-likeness (QED) is 0.721. The van der Waals surface area contributed by atoms with Gasteiger partial charge in [-0.15, -0.1) is 0 Å². The maximum atomic E-state index is 13.0. The zero-order chi connectivity index (χ0) is 20.7. The van der Waals surface area contributed by atoms with Gasteiger partial charge in [0.1, 0.15) is 11.3 Å². The fraction of sp³-hybridized carbons (Fsp3) is 0.435. The molecular formula is C23H27N5O2. The van der Waals surface area contributed by atoms with Gasteiger partial charge in [0.25, 0.3) is 5.91 Å². The zero-order valence-corrected chi connectivity index (χ0v) is 17.5. The summed E-state index contributed by atoms with van der Waals surface area (Å²) in [5, 5.41) is 11.9. The summed E-state index contributed by atoms with van der Waals surface area (Å²) in [6, 6.07) is 10.6. The molecule has 1 atom stereocenters. The smallest absolute Gasteiger partial charge is 0.259 e. The summed E-state index contributed by atoms with van der Waals surface area (Å²) in [6.45, 7) is 7.94. The number of hydrogen-bond donors (Lipinski definition) is 1. The van der Waals surface area contributed by atoms with Gasteiger partial charge in [-0.3, -0.25) is 14.8 Å². The van der Waals surface area contributed by atoms with Crippen LogP contribution in [0.2, 0.25) is 0 Å². The Bertz CT molecular complexity index is 1040. The molecule has 7 heteroatoms. The molecule has 3 aromatic rings. The second kappa shape index (κ2) is 7.72. The summed E-state index contributed by atoms with van der Waals surface area (Å²) in [5.74, 6) is 0.879. The number of aromatic amines is 1. The fourth-order valence-corrected chi connectivity index (χ4v) is 4.80. The first-order valence-electron chi connectivity index (χ1n) is 10.6. The van der Waals surface area contributed by atoms with Crippen LogP contribution in [0.3, 0.4) is 0 Å². The molecule has 1 fully saturated rings. The first-order valence-corrected chi connectivity index (χ1v) is 10.6. The van der Waals surface area contributed by atoms with Crippen LogP contribution in [0.1, 0.15) is 56.7 Å². The molecule has 1 unspecified atom stereocenters. The summed E-state index contributed by atoms with van der Waals surface area (Å²) in [4.78, 5) is 17.4. The molecule has 5 rings (SSSR count). The van der Waals surface area contributed by atoms with Crippen molar-refractivity contribution in [2.24, 2.45) is 0 Å². The number of hydrogen-bond acceptors (Lipinski definition) is 5. The summed E-state index contributed by atoms with van der Waals surface area (Å²) in [7, 11) is 0. The van der Waals surface area contributed by atoms with Crippen molar-refractivity contribution in [1.29, 1.82) is 0 Å². The van der Waals surface area contributed by atoms with Crippen molar-refractivity contribution < 1.29 is 9.32 Å². The van der Waals surface area contributed by atoms with Crippen LogP contribution in [0.25, 0.3) is 0 Å². The largest absolute Gasteiger partial charge is 0.361 e. The highest BCUT2D eigenvalue weighted by Crippen LogP contribution is 2.33. The molecule has 1 saturated heterocycles. The maximum absolute atomic E-state index is 13.0. The van der Waals surface area contributed by atoms with Crippen molar-refractivity contribution in [2.75, 3.05) is 19.6 Å². The van der Waals surface area contributed by atoms with Gasteiger partial charge < -0.3 is 9.42 Å². The molecule has 0 radical (unpaired) electrons. The van der Waals surface area contributed by atoms with E-state index in [0.29, 0.717) is 23.6 Å². The van der Waals surface area contributed by atoms with E-state index in [9.17, 15) is 4.79 Å². The summed E-state index contributed by atoms with van der Waals surface area (Å²) >= 11 is 0. The molecular weight excluding hydrogens is 378 g/mol. The fourth-order valence-electron chi connectivity index (χ4n) is 4.80. The monoisotopic (exact) mass is 405 g/mol. The molecule has 2 aromatic heterocycles. The average molecular weight is 406 g/mol. The Kier molecular flexibility index (Phi) is 4.90. The van der Waals surface area contributed by atoms with E-state index in [1.807, 2.05) is 11.8 Å². The molecule has 156 valence electrons. The van der Waals surface area contributed by atoms with Crippen LogP contribution in [-0.4, -0.2) is 50.7 Å². The molecule has 2 aliphatic heterocycles. The number of nitrogens with zero attached hydrogens (tertiary/aromatic N) is 4. The molecule has 1 aromatic carbocycles. The molecule has 0 saturated carbocycles. The van der Waals surface area contributed by atoms with E-state index in [4.69, 9.17) is 9.62 Å². The number of aromatic nitrogens is 3. The zero-order valence-electron chi connectivity index (χ0n) is 17.5. The second-order valence-corrected chi connectivity index (χ2v) is 8.45. The number of aryl methyl sites for hydroxylation is 2. The summed E-state index contributed by atoms with van der Waals surface area (Å²) < 4.78 is 5.19. The lowest BCUT2D eigenvalue weighted by molar-refractivity contribution is 0.0788. The van der Waals surface area contributed by atoms with Crippen molar-refractivity contribution in [3.05, 3.63) is 69.9 Å². The predicted molar refractivity (Wildman–Crippen MR) is 112 cm³/mol. The Labute approximate surface area is 176 Å². The number of nitrogens with one attached hydrogen (secondary N) is 1. The van der Waals surface area contributed by atoms with Gasteiger partial charge in [0.15, 0.2) is 0 Å². The van der Waals surface area contributed by atoms with Crippen molar-refractivity contribution >= 4 is 5.91 Å². The second-order valence-electron chi connectivity index (χ2n) is 8.45. The number of carbonyl (C=O) groups is 1. The topological polar surface area (TPSA) is 78.3 Å². The van der Waals surface area contributed by atoms with Crippen LogP contribution < -0.4 is 0 Å². The standard InChI is InChI=1S/C23H27N5O2/c1-15-21(16(2)30-26-15)23(29)28-11-8-18(13-28)22-19-14-27(10-9-20(19)24-25-22)12-17-6-4-3-5-7-17/h3-7,18H,8-14H2,1-2H3,(H,24,25). The van der Waals surface area contributed by atoms with Crippen LogP contribution >= 0.6 is 0 Å². The van der Waals surface area contributed by atoms with Crippen molar-refractivity contribution in [3.8, 4) is 0 Å². The van der Waals surface area contributed by atoms with Gasteiger partial charge >= 0.3 is 0 Å². The SMILES string of the molecule is Cc1noc(C)c1C(=O)N1CCC(c2n[nH]c3c2CN(Cc2ccccc2)CC3)C1. The number of benzene rings is 1. The highest BCUT2D eigenvalue weighted by atomic mass is 16.5. The number of carbonyl (C=O) groups excluding carboxylic acids is 1. The van der Waals surface area contributed by atoms with Crippen LogP contribution in [0.15, 0.2) is 34.9 Å². The van der Waals surface area contributed by atoms with Gasteiger partial charge in [-0.2, -0.15) is 5.10 Å². The third-order valence-electron chi connectivity index (χ3n) is 6.40. The Morgan fingerprint density at radius 3 is 2.83 bits per heavy atom. The Morgan fingerprint density at radius 1 is 1.23 bits per heavy atom. The molecule has 0 aliphatic carbocycles. The van der Waals surface area contributed by atoms with E-state index in [1.54, 1.807) is 6.92 Å². The van der Waals surface area contributed by atoms with Gasteiger partial charge in [-0.05, 0) is 25.8 Å². The lowest BCUT2D eigenvalue weighted by atomic mass is 9.96. The van der Waals surface area contributed by atoms with Crippen LogP contribution in [0.4, 0.5) is 0 Å². The lowest BCUT2D eigenvalue weighted by Crippen LogP contribution is -2.31. The third-order valence-corrected chi connectivity index (χ3v) is 6.40. The van der Waals surface area contributed by atoms with Gasteiger partial charge in [0.05, 0.1) is 11.4 Å². The van der Waals surface area contributed by atoms with E-state index in [-0.39, 0.29) is 11.8 Å². The number of H-pyrrole nitrogens is 1. The van der Waals surface area contributed by atoms with Gasteiger partial charge in [-0.1, -0.05) is 35.5 Å². The van der Waals surface area contributed by atoms with E-state index < -0.39 is 0 Å². The third kappa shape index (κ3) is 3.43. The van der Waals surface area contributed by atoms with E-state index >= 15 is 0 Å². The highest BCUT2D eigenvalue weighted by Gasteiger charge is 2.34. The van der Waals surface area contributed by atoms with Gasteiger partial charge in [0.2, 0.25) is 0 Å². The highest BCUT2D eigenvalue weighted by molar-refractivity contribution is 5.96. The molecule has 30 heavy (non-hydrogen) atoms. The number of amides is 1. The molecule has 7 nitrogen and oxygen atoms in total. The minimum atomic E-state index is 0.0175. The van der Waals surface area contributed by atoms with Gasteiger partial charge in [-0.25, -0.2) is 0 Å². The minimum absolute atomic E-state index is 0.0175. The predicted octanol–water partition coefficient (Wildman–Crippen LogP) is 3.20. The first-order chi connectivity index (χ1) is 14.6. The Balaban J connectivity index is 1.30. The molecule has 1 N–H and O–H groups in total. The maximum Gasteiger partial charge on any atom is 0.259 e. The average Bonchev–Trinajstić information content (AvgIpc) is 3.47. The van der Waals surface area contributed by atoms with E-state index in [1.165, 1.54) is 16.8 Å². The molecule has 0 spiro atoms. The summed E-state index contributed by atoms with van der Waals surface area (Å²) in [6.07, 6.45) is 1.93. The Hall–Kier alpha value is -2.93. The van der Waals surface area contributed by atoms with Crippen LogP contribution in [-0.2, 0) is 19.5 Å². The van der Waals surface area contributed by atoms with Crippen molar-refractivity contribution in [1.82, 2.24) is 25.2 Å². The van der Waals surface area contributed by atoms with Crippen LogP contribution in [0.5, 0.6) is 0 Å². The number of fused-ring (bicyclic) bond motifs is 1. The number of likely N-dealkylation sites (tertiary alicyclic amines) is 1. The minimum Gasteiger partial charge on any atom is -0.361 e. The van der Waals surface area contributed by atoms with E-state index in [2.05, 4.69) is 45.5 Å². The van der Waals surface area contributed by atoms with E-state index in [0.717, 1.165) is 44.7 Å². The first kappa shape index (κ1) is 19.1. The molecule has 4 heterocycles. The summed E-state index contributed by atoms with van der Waals surface area (Å²) in [5.41, 5.74) is 6.32. The molecule has 2 aliphatic rings. The Morgan fingerprint density at radius 2 is 2.07 bits per heavy atom. The normalized spacial score (nSPS) is 19.3. The lowest BCUT2D eigenvalue weighted by Gasteiger charge is -2.27. The molecule has 1 amide bonds. The van der Waals surface area contributed by atoms with Crippen molar-refractivity contribution in [2.45, 2.75) is 45.7 Å². The number of rotatable bonds is 4. The van der Waals surface area contributed by atoms with Gasteiger partial charge in [0, 0.05) is 56.3 Å². The molecule has 0 bridgehead atoms.